The molecule has 13 heavy (non-hydrogen) atoms. The van der Waals surface area contributed by atoms with E-state index in [0.29, 0.717) is 6.42 Å². The summed E-state index contributed by atoms with van der Waals surface area (Å²) in [5.41, 5.74) is 0.901. The summed E-state index contributed by atoms with van der Waals surface area (Å²) >= 11 is 0. The molecule has 2 heterocycles. The Morgan fingerprint density at radius 2 is 2.46 bits per heavy atom. The fraction of sp³-hybridized carbons (Fsp3) is 0.300. The van der Waals surface area contributed by atoms with Crippen LogP contribution in [0.25, 0.3) is 0 Å². The third-order valence-electron chi connectivity index (χ3n) is 2.10. The third-order valence-corrected chi connectivity index (χ3v) is 2.10. The number of allylic oxidation sites excluding steroid dienone is 2. The normalized spacial score (nSPS) is 22.4. The molecule has 1 aliphatic rings. The van der Waals surface area contributed by atoms with E-state index in [2.05, 4.69) is 5.32 Å². The van der Waals surface area contributed by atoms with Crippen LogP contribution in [0.5, 0.6) is 0 Å². The lowest BCUT2D eigenvalue weighted by Crippen LogP contribution is -2.27. The topological polar surface area (TPSA) is 42.2 Å². The standard InChI is InChI=1S/C10H11NO2/c1-7-5-8(6-10(12)11-7)9-3-2-4-13-9/h2-5,8H,6H2,1H3,(H,11,12). The van der Waals surface area contributed by atoms with Crippen LogP contribution in [0, 0.1) is 0 Å². The van der Waals surface area contributed by atoms with E-state index in [-0.39, 0.29) is 11.8 Å². The Morgan fingerprint density at radius 1 is 1.62 bits per heavy atom. The van der Waals surface area contributed by atoms with E-state index in [1.54, 1.807) is 6.26 Å². The van der Waals surface area contributed by atoms with E-state index < -0.39 is 0 Å². The van der Waals surface area contributed by atoms with Gasteiger partial charge in [-0.25, -0.2) is 0 Å². The monoisotopic (exact) mass is 177 g/mol. The van der Waals surface area contributed by atoms with Crippen molar-refractivity contribution in [2.45, 2.75) is 19.3 Å². The summed E-state index contributed by atoms with van der Waals surface area (Å²) in [7, 11) is 0. The third kappa shape index (κ3) is 1.64. The molecule has 0 spiro atoms. The summed E-state index contributed by atoms with van der Waals surface area (Å²) < 4.78 is 5.25. The SMILES string of the molecule is CC1=CC(c2ccco2)CC(=O)N1. The van der Waals surface area contributed by atoms with Gasteiger partial charge in [-0.1, -0.05) is 6.08 Å². The zero-order valence-electron chi connectivity index (χ0n) is 7.41. The minimum Gasteiger partial charge on any atom is -0.469 e. The predicted molar refractivity (Wildman–Crippen MR) is 48.0 cm³/mol. The van der Waals surface area contributed by atoms with Crippen molar-refractivity contribution in [3.05, 3.63) is 35.9 Å². The lowest BCUT2D eigenvalue weighted by Gasteiger charge is -2.17. The van der Waals surface area contributed by atoms with Crippen molar-refractivity contribution in [2.24, 2.45) is 0 Å². The molecule has 1 unspecified atom stereocenters. The first-order valence-corrected chi connectivity index (χ1v) is 4.27. The van der Waals surface area contributed by atoms with Crippen molar-refractivity contribution in [2.75, 3.05) is 0 Å². The maximum absolute atomic E-state index is 11.2. The molecule has 3 nitrogen and oxygen atoms in total. The van der Waals surface area contributed by atoms with E-state index in [1.165, 1.54) is 0 Å². The van der Waals surface area contributed by atoms with Gasteiger partial charge in [-0.3, -0.25) is 4.79 Å². The van der Waals surface area contributed by atoms with Gasteiger partial charge >= 0.3 is 0 Å². The molecule has 0 aliphatic carbocycles. The fourth-order valence-corrected chi connectivity index (χ4v) is 1.56. The summed E-state index contributed by atoms with van der Waals surface area (Å²) in [6.45, 7) is 1.88. The Labute approximate surface area is 76.4 Å². The molecule has 0 saturated carbocycles. The van der Waals surface area contributed by atoms with Crippen LogP contribution >= 0.6 is 0 Å². The van der Waals surface area contributed by atoms with Gasteiger partial charge < -0.3 is 9.73 Å². The van der Waals surface area contributed by atoms with Crippen molar-refractivity contribution >= 4 is 5.91 Å². The van der Waals surface area contributed by atoms with Crippen LogP contribution in [0.3, 0.4) is 0 Å². The number of furan rings is 1. The molecule has 3 heteroatoms. The highest BCUT2D eigenvalue weighted by Gasteiger charge is 2.20. The van der Waals surface area contributed by atoms with E-state index in [0.717, 1.165) is 11.5 Å². The van der Waals surface area contributed by atoms with Gasteiger partial charge in [-0.15, -0.1) is 0 Å². The molecule has 1 aliphatic heterocycles. The Bertz CT molecular complexity index is 338. The number of amides is 1. The Balaban J connectivity index is 2.25. The maximum atomic E-state index is 11.2. The molecular weight excluding hydrogens is 166 g/mol. The summed E-state index contributed by atoms with van der Waals surface area (Å²) in [6, 6.07) is 3.73. The Hall–Kier alpha value is -1.51. The van der Waals surface area contributed by atoms with Gasteiger partial charge in [0.25, 0.3) is 0 Å². The van der Waals surface area contributed by atoms with Crippen LogP contribution in [-0.4, -0.2) is 5.91 Å². The second-order valence-corrected chi connectivity index (χ2v) is 3.22. The summed E-state index contributed by atoms with van der Waals surface area (Å²) in [4.78, 5) is 11.2. The molecule has 1 aromatic rings. The highest BCUT2D eigenvalue weighted by Crippen LogP contribution is 2.25. The molecule has 1 amide bonds. The van der Waals surface area contributed by atoms with Crippen molar-refractivity contribution < 1.29 is 9.21 Å². The molecule has 0 radical (unpaired) electrons. The number of hydrogen-bond donors (Lipinski definition) is 1. The quantitative estimate of drug-likeness (QED) is 0.710. The molecule has 0 aromatic carbocycles. The van der Waals surface area contributed by atoms with E-state index in [9.17, 15) is 4.79 Å². The van der Waals surface area contributed by atoms with Crippen LogP contribution in [0.2, 0.25) is 0 Å². The average molecular weight is 177 g/mol. The highest BCUT2D eigenvalue weighted by atomic mass is 16.3. The molecule has 1 atom stereocenters. The van der Waals surface area contributed by atoms with Gasteiger partial charge in [-0.2, -0.15) is 0 Å². The van der Waals surface area contributed by atoms with Crippen LogP contribution in [0.15, 0.2) is 34.6 Å². The first-order valence-electron chi connectivity index (χ1n) is 4.27. The second-order valence-electron chi connectivity index (χ2n) is 3.22. The molecule has 0 saturated heterocycles. The summed E-state index contributed by atoms with van der Waals surface area (Å²) in [5.74, 6) is 1.01. The minimum absolute atomic E-state index is 0.0569. The fourth-order valence-electron chi connectivity index (χ4n) is 1.56. The smallest absolute Gasteiger partial charge is 0.225 e. The number of carbonyl (C=O) groups excluding carboxylic acids is 1. The lowest BCUT2D eigenvalue weighted by molar-refractivity contribution is -0.121. The van der Waals surface area contributed by atoms with Crippen molar-refractivity contribution in [1.29, 1.82) is 0 Å². The molecule has 0 fully saturated rings. The molecule has 1 aromatic heterocycles. The highest BCUT2D eigenvalue weighted by molar-refractivity contribution is 5.80. The lowest BCUT2D eigenvalue weighted by atomic mass is 9.98. The Kier molecular flexibility index (Phi) is 1.93. The minimum atomic E-state index is 0.0569. The van der Waals surface area contributed by atoms with E-state index >= 15 is 0 Å². The van der Waals surface area contributed by atoms with Crippen LogP contribution in [0.4, 0.5) is 0 Å². The number of rotatable bonds is 1. The van der Waals surface area contributed by atoms with E-state index in [4.69, 9.17) is 4.42 Å². The number of nitrogens with one attached hydrogen (secondary N) is 1. The van der Waals surface area contributed by atoms with E-state index in [1.807, 2.05) is 25.1 Å². The average Bonchev–Trinajstić information content (AvgIpc) is 2.53. The number of carbonyl (C=O) groups is 1. The first kappa shape index (κ1) is 8.10. The van der Waals surface area contributed by atoms with Gasteiger partial charge in [0.1, 0.15) is 5.76 Å². The first-order chi connectivity index (χ1) is 6.25. The van der Waals surface area contributed by atoms with Gasteiger partial charge in [0.2, 0.25) is 5.91 Å². The zero-order chi connectivity index (χ0) is 9.26. The molecule has 0 bridgehead atoms. The summed E-state index contributed by atoms with van der Waals surface area (Å²) in [5, 5.41) is 2.75. The van der Waals surface area contributed by atoms with Gasteiger partial charge in [0.15, 0.2) is 0 Å². The van der Waals surface area contributed by atoms with Gasteiger partial charge in [-0.05, 0) is 19.1 Å². The van der Waals surface area contributed by atoms with Crippen LogP contribution in [-0.2, 0) is 4.79 Å². The largest absolute Gasteiger partial charge is 0.469 e. The maximum Gasteiger partial charge on any atom is 0.225 e. The predicted octanol–water partition coefficient (Wildman–Crippen LogP) is 1.79. The van der Waals surface area contributed by atoms with Crippen LogP contribution in [0.1, 0.15) is 25.0 Å². The molecular formula is C10H11NO2. The molecule has 68 valence electrons. The number of hydrogen-bond acceptors (Lipinski definition) is 2. The van der Waals surface area contributed by atoms with Gasteiger partial charge in [0.05, 0.1) is 6.26 Å². The van der Waals surface area contributed by atoms with Crippen molar-refractivity contribution in [3.63, 3.8) is 0 Å². The second kappa shape index (κ2) is 3.09. The van der Waals surface area contributed by atoms with Gasteiger partial charge in [0, 0.05) is 18.0 Å². The van der Waals surface area contributed by atoms with Crippen LogP contribution < -0.4 is 5.32 Å². The van der Waals surface area contributed by atoms with Crippen molar-refractivity contribution in [3.8, 4) is 0 Å². The van der Waals surface area contributed by atoms with Crippen molar-refractivity contribution in [1.82, 2.24) is 5.32 Å². The molecule has 2 rings (SSSR count). The zero-order valence-corrected chi connectivity index (χ0v) is 7.41. The summed E-state index contributed by atoms with van der Waals surface area (Å²) in [6.07, 6.45) is 4.12. The Morgan fingerprint density at radius 3 is 3.08 bits per heavy atom. The molecule has 1 N–H and O–H groups in total.